The molecule has 116 valence electrons. The summed E-state index contributed by atoms with van der Waals surface area (Å²) in [6.45, 7) is 2.27. The van der Waals surface area contributed by atoms with Gasteiger partial charge in [0, 0.05) is 38.3 Å². The standard InChI is InChI=1S/C11H16N4O4S2/c12-11-9(15(16)17)7-10(20-11)21(18,19)14-5-3-13(4-6-14)8-1-2-8/h7-8H,1-6,12H2. The molecule has 10 heteroatoms. The molecule has 2 heterocycles. The highest BCUT2D eigenvalue weighted by Gasteiger charge is 2.36. The first kappa shape index (κ1) is 14.7. The molecule has 0 unspecified atom stereocenters. The number of nitro groups is 1. The van der Waals surface area contributed by atoms with Crippen molar-refractivity contribution in [1.29, 1.82) is 0 Å². The number of nitrogen functional groups attached to an aromatic ring is 1. The summed E-state index contributed by atoms with van der Waals surface area (Å²) in [5.41, 5.74) is 5.19. The number of hydrogen-bond acceptors (Lipinski definition) is 7. The molecule has 21 heavy (non-hydrogen) atoms. The van der Waals surface area contributed by atoms with Gasteiger partial charge in [0.2, 0.25) is 0 Å². The van der Waals surface area contributed by atoms with Crippen molar-refractivity contribution in [2.75, 3.05) is 31.9 Å². The van der Waals surface area contributed by atoms with Crippen LogP contribution in [-0.2, 0) is 10.0 Å². The van der Waals surface area contributed by atoms with Gasteiger partial charge in [0.25, 0.3) is 10.0 Å². The third kappa shape index (κ3) is 2.76. The van der Waals surface area contributed by atoms with Gasteiger partial charge in [-0.05, 0) is 12.8 Å². The highest BCUT2D eigenvalue weighted by molar-refractivity contribution is 7.91. The van der Waals surface area contributed by atoms with Gasteiger partial charge in [-0.3, -0.25) is 15.0 Å². The van der Waals surface area contributed by atoms with Crippen molar-refractivity contribution in [2.24, 2.45) is 0 Å². The van der Waals surface area contributed by atoms with Crippen molar-refractivity contribution >= 4 is 32.0 Å². The maximum absolute atomic E-state index is 12.5. The van der Waals surface area contributed by atoms with E-state index in [-0.39, 0.29) is 14.9 Å². The molecule has 0 atom stereocenters. The molecule has 1 saturated heterocycles. The molecule has 2 fully saturated rings. The molecule has 0 spiro atoms. The Kier molecular flexibility index (Phi) is 3.64. The van der Waals surface area contributed by atoms with Gasteiger partial charge in [-0.25, -0.2) is 8.42 Å². The highest BCUT2D eigenvalue weighted by Crippen LogP contribution is 2.36. The molecule has 0 aromatic carbocycles. The minimum atomic E-state index is -3.69. The molecule has 2 aliphatic rings. The monoisotopic (exact) mass is 332 g/mol. The second-order valence-electron chi connectivity index (χ2n) is 5.24. The Morgan fingerprint density at radius 1 is 1.29 bits per heavy atom. The van der Waals surface area contributed by atoms with E-state index in [1.165, 1.54) is 17.1 Å². The number of thiophene rings is 1. The molecule has 0 bridgehead atoms. The zero-order chi connectivity index (χ0) is 15.2. The van der Waals surface area contributed by atoms with E-state index in [2.05, 4.69) is 4.90 Å². The molecule has 0 amide bonds. The minimum absolute atomic E-state index is 0.0495. The summed E-state index contributed by atoms with van der Waals surface area (Å²) in [6.07, 6.45) is 2.39. The lowest BCUT2D eigenvalue weighted by atomic mass is 10.3. The van der Waals surface area contributed by atoms with E-state index in [1.54, 1.807) is 0 Å². The number of nitrogens with zero attached hydrogens (tertiary/aromatic N) is 3. The van der Waals surface area contributed by atoms with E-state index in [9.17, 15) is 18.5 Å². The van der Waals surface area contributed by atoms with Crippen LogP contribution in [0.4, 0.5) is 10.7 Å². The van der Waals surface area contributed by atoms with Gasteiger partial charge in [-0.15, -0.1) is 0 Å². The Balaban J connectivity index is 1.77. The Morgan fingerprint density at radius 3 is 2.38 bits per heavy atom. The number of rotatable bonds is 4. The zero-order valence-corrected chi connectivity index (χ0v) is 12.9. The molecular weight excluding hydrogens is 316 g/mol. The Bertz CT molecular complexity index is 660. The van der Waals surface area contributed by atoms with Crippen LogP contribution in [0.3, 0.4) is 0 Å². The summed E-state index contributed by atoms with van der Waals surface area (Å²) in [6, 6.07) is 1.68. The second kappa shape index (κ2) is 5.20. The number of sulfonamides is 1. The van der Waals surface area contributed by atoms with Crippen LogP contribution in [0, 0.1) is 10.1 Å². The lowest BCUT2D eigenvalue weighted by Crippen LogP contribution is -2.49. The summed E-state index contributed by atoms with van der Waals surface area (Å²) in [7, 11) is -3.69. The molecule has 1 aromatic rings. The van der Waals surface area contributed by atoms with Gasteiger partial charge >= 0.3 is 5.69 Å². The lowest BCUT2D eigenvalue weighted by molar-refractivity contribution is -0.383. The van der Waals surface area contributed by atoms with Gasteiger partial charge in [0.15, 0.2) is 5.00 Å². The van der Waals surface area contributed by atoms with Crippen molar-refractivity contribution in [3.8, 4) is 0 Å². The topological polar surface area (TPSA) is 110 Å². The van der Waals surface area contributed by atoms with Crippen LogP contribution < -0.4 is 5.73 Å². The van der Waals surface area contributed by atoms with Crippen LogP contribution in [0.1, 0.15) is 12.8 Å². The lowest BCUT2D eigenvalue weighted by Gasteiger charge is -2.33. The molecule has 2 N–H and O–H groups in total. The van der Waals surface area contributed by atoms with E-state index < -0.39 is 14.9 Å². The molecule has 3 rings (SSSR count). The van der Waals surface area contributed by atoms with Gasteiger partial charge in [-0.1, -0.05) is 11.3 Å². The fourth-order valence-corrected chi connectivity index (χ4v) is 5.31. The summed E-state index contributed by atoms with van der Waals surface area (Å²) < 4.78 is 26.4. The van der Waals surface area contributed by atoms with Crippen LogP contribution >= 0.6 is 11.3 Å². The van der Waals surface area contributed by atoms with Gasteiger partial charge in [0.1, 0.15) is 4.21 Å². The average molecular weight is 332 g/mol. The van der Waals surface area contributed by atoms with E-state index in [4.69, 9.17) is 5.73 Å². The van der Waals surface area contributed by atoms with Crippen LogP contribution in [0.15, 0.2) is 10.3 Å². The van der Waals surface area contributed by atoms with Crippen LogP contribution in [0.2, 0.25) is 0 Å². The normalized spacial score (nSPS) is 21.5. The largest absolute Gasteiger partial charge is 0.385 e. The Labute approximate surface area is 126 Å². The van der Waals surface area contributed by atoms with Crippen molar-refractivity contribution in [1.82, 2.24) is 9.21 Å². The van der Waals surface area contributed by atoms with Gasteiger partial charge < -0.3 is 5.73 Å². The number of anilines is 1. The Hall–Kier alpha value is -1.23. The van der Waals surface area contributed by atoms with E-state index >= 15 is 0 Å². The van der Waals surface area contributed by atoms with E-state index in [1.807, 2.05) is 0 Å². The predicted molar refractivity (Wildman–Crippen MR) is 78.7 cm³/mol. The van der Waals surface area contributed by atoms with Crippen LogP contribution in [0.25, 0.3) is 0 Å². The fraction of sp³-hybridized carbons (Fsp3) is 0.636. The molecule has 1 aromatic heterocycles. The van der Waals surface area contributed by atoms with Crippen LogP contribution in [0.5, 0.6) is 0 Å². The second-order valence-corrected chi connectivity index (χ2v) is 8.49. The molecule has 1 saturated carbocycles. The highest BCUT2D eigenvalue weighted by atomic mass is 32.2. The quantitative estimate of drug-likeness (QED) is 0.642. The predicted octanol–water partition coefficient (Wildman–Crippen LogP) is 0.707. The number of piperazine rings is 1. The third-order valence-electron chi connectivity index (χ3n) is 3.84. The van der Waals surface area contributed by atoms with Gasteiger partial charge in [-0.2, -0.15) is 4.31 Å². The van der Waals surface area contributed by atoms with Crippen molar-refractivity contribution in [3.63, 3.8) is 0 Å². The summed E-state index contributed by atoms with van der Waals surface area (Å²) in [5.74, 6) is 0. The average Bonchev–Trinajstić information content (AvgIpc) is 3.21. The molecule has 1 aliphatic heterocycles. The van der Waals surface area contributed by atoms with Crippen molar-refractivity contribution < 1.29 is 13.3 Å². The molecule has 0 radical (unpaired) electrons. The van der Waals surface area contributed by atoms with Crippen LogP contribution in [-0.4, -0.2) is 54.8 Å². The minimum Gasteiger partial charge on any atom is -0.385 e. The van der Waals surface area contributed by atoms with E-state index in [0.717, 1.165) is 17.4 Å². The maximum atomic E-state index is 12.5. The first-order valence-electron chi connectivity index (χ1n) is 6.67. The molecule has 8 nitrogen and oxygen atoms in total. The number of hydrogen-bond donors (Lipinski definition) is 1. The third-order valence-corrected chi connectivity index (χ3v) is 7.15. The first-order valence-corrected chi connectivity index (χ1v) is 8.93. The summed E-state index contributed by atoms with van der Waals surface area (Å²) in [5, 5.41) is 10.7. The first-order chi connectivity index (χ1) is 9.89. The Morgan fingerprint density at radius 2 is 1.90 bits per heavy atom. The van der Waals surface area contributed by atoms with Crippen molar-refractivity contribution in [2.45, 2.75) is 23.1 Å². The maximum Gasteiger partial charge on any atom is 0.304 e. The molecular formula is C11H16N4O4S2. The molecule has 1 aliphatic carbocycles. The zero-order valence-electron chi connectivity index (χ0n) is 11.3. The summed E-state index contributed by atoms with van der Waals surface area (Å²) in [4.78, 5) is 12.4. The van der Waals surface area contributed by atoms with E-state index in [0.29, 0.717) is 32.2 Å². The summed E-state index contributed by atoms with van der Waals surface area (Å²) >= 11 is 0.756. The van der Waals surface area contributed by atoms with Crippen molar-refractivity contribution in [3.05, 3.63) is 16.2 Å². The smallest absolute Gasteiger partial charge is 0.304 e. The SMILES string of the molecule is Nc1sc(S(=O)(=O)N2CCN(C3CC3)CC2)cc1[N+](=O)[O-]. The fourth-order valence-electron chi connectivity index (χ4n) is 2.52. The van der Waals surface area contributed by atoms with Gasteiger partial charge in [0.05, 0.1) is 4.92 Å². The number of nitrogens with two attached hydrogens (primary N) is 1.